The summed E-state index contributed by atoms with van der Waals surface area (Å²) in [6.07, 6.45) is 6.72. The van der Waals surface area contributed by atoms with Gasteiger partial charge in [0.2, 0.25) is 5.91 Å². The lowest BCUT2D eigenvalue weighted by Crippen LogP contribution is -2.53. The fraction of sp³-hybridized carbons (Fsp3) is 0.857. The van der Waals surface area contributed by atoms with E-state index in [1.807, 2.05) is 18.7 Å². The third-order valence-corrected chi connectivity index (χ3v) is 4.21. The maximum atomic E-state index is 12.3. The summed E-state index contributed by atoms with van der Waals surface area (Å²) in [6.45, 7) is 4.64. The summed E-state index contributed by atoms with van der Waals surface area (Å²) in [7, 11) is 0. The number of hydrogen-bond donors (Lipinski definition) is 0. The van der Waals surface area contributed by atoms with E-state index in [1.54, 1.807) is 0 Å². The first-order chi connectivity index (χ1) is 7.99. The Balaban J connectivity index is 1.95. The van der Waals surface area contributed by atoms with Gasteiger partial charge in [0.25, 0.3) is 0 Å². The molecule has 2 rings (SSSR count). The van der Waals surface area contributed by atoms with Crippen LogP contribution in [0.15, 0.2) is 0 Å². The summed E-state index contributed by atoms with van der Waals surface area (Å²) >= 11 is 0. The summed E-state index contributed by atoms with van der Waals surface area (Å²) in [5.41, 5.74) is -0.273. The van der Waals surface area contributed by atoms with Crippen molar-refractivity contribution in [3.63, 3.8) is 0 Å². The second-order valence-corrected chi connectivity index (χ2v) is 6.18. The molecule has 96 valence electrons. The number of likely N-dealkylation sites (tertiary alicyclic amines) is 1. The van der Waals surface area contributed by atoms with E-state index in [9.17, 15) is 9.59 Å². The van der Waals surface area contributed by atoms with Gasteiger partial charge in [0.15, 0.2) is 0 Å². The van der Waals surface area contributed by atoms with E-state index in [1.165, 1.54) is 25.7 Å². The minimum absolute atomic E-state index is 0.259. The van der Waals surface area contributed by atoms with Gasteiger partial charge < -0.3 is 4.90 Å². The normalized spacial score (nSPS) is 25.3. The van der Waals surface area contributed by atoms with E-state index < -0.39 is 0 Å². The lowest BCUT2D eigenvalue weighted by Gasteiger charge is -2.42. The molecule has 2 fully saturated rings. The molecule has 0 unspecified atom stereocenters. The largest absolute Gasteiger partial charge is 0.337 e. The molecule has 1 saturated carbocycles. The average Bonchev–Trinajstić information content (AvgIpc) is 2.68. The number of hydrogen-bond acceptors (Lipinski definition) is 2. The van der Waals surface area contributed by atoms with E-state index in [0.717, 1.165) is 0 Å². The van der Waals surface area contributed by atoms with Gasteiger partial charge in [0.1, 0.15) is 5.78 Å². The van der Waals surface area contributed by atoms with E-state index in [4.69, 9.17) is 0 Å². The fourth-order valence-electron chi connectivity index (χ4n) is 3.24. The lowest BCUT2D eigenvalue weighted by molar-refractivity contribution is -0.143. The smallest absolute Gasteiger partial charge is 0.223 e. The third-order valence-electron chi connectivity index (χ3n) is 4.21. The van der Waals surface area contributed by atoms with Crippen LogP contribution < -0.4 is 0 Å². The Bertz CT molecular complexity index is 316. The molecule has 0 atom stereocenters. The Kier molecular flexibility index (Phi) is 3.55. The highest BCUT2D eigenvalue weighted by molar-refractivity contribution is 5.85. The number of amides is 1. The van der Waals surface area contributed by atoms with Crippen LogP contribution in [0, 0.1) is 5.92 Å². The Labute approximate surface area is 104 Å². The van der Waals surface area contributed by atoms with E-state index >= 15 is 0 Å². The molecule has 0 radical (unpaired) electrons. The van der Waals surface area contributed by atoms with Crippen molar-refractivity contribution in [2.24, 2.45) is 5.92 Å². The highest BCUT2D eigenvalue weighted by atomic mass is 16.2. The zero-order valence-corrected chi connectivity index (χ0v) is 11.0. The highest BCUT2D eigenvalue weighted by Gasteiger charge is 2.37. The number of carbonyl (C=O) groups is 2. The van der Waals surface area contributed by atoms with Gasteiger partial charge in [-0.05, 0) is 32.6 Å². The zero-order chi connectivity index (χ0) is 12.5. The van der Waals surface area contributed by atoms with Crippen LogP contribution in [0.4, 0.5) is 0 Å². The minimum atomic E-state index is -0.273. The second-order valence-electron chi connectivity index (χ2n) is 6.18. The SMILES string of the molecule is CC1(C)CC(=O)CCN1C(=O)CC1CCCC1. The van der Waals surface area contributed by atoms with Crippen LogP contribution >= 0.6 is 0 Å². The van der Waals surface area contributed by atoms with E-state index in [2.05, 4.69) is 0 Å². The van der Waals surface area contributed by atoms with Crippen molar-refractivity contribution in [3.05, 3.63) is 0 Å². The first-order valence-electron chi connectivity index (χ1n) is 6.81. The molecule has 1 heterocycles. The van der Waals surface area contributed by atoms with Crippen molar-refractivity contribution in [2.75, 3.05) is 6.54 Å². The Morgan fingerprint density at radius 2 is 2.00 bits per heavy atom. The Morgan fingerprint density at radius 3 is 2.59 bits per heavy atom. The zero-order valence-electron chi connectivity index (χ0n) is 11.0. The van der Waals surface area contributed by atoms with Crippen molar-refractivity contribution >= 4 is 11.7 Å². The Morgan fingerprint density at radius 1 is 1.35 bits per heavy atom. The van der Waals surface area contributed by atoms with Gasteiger partial charge in [0, 0.05) is 31.3 Å². The molecule has 1 saturated heterocycles. The van der Waals surface area contributed by atoms with Gasteiger partial charge in [-0.15, -0.1) is 0 Å². The molecule has 0 bridgehead atoms. The van der Waals surface area contributed by atoms with Crippen LogP contribution in [0.2, 0.25) is 0 Å². The summed E-state index contributed by atoms with van der Waals surface area (Å²) in [4.78, 5) is 25.7. The fourth-order valence-corrected chi connectivity index (χ4v) is 3.24. The molecule has 3 nitrogen and oxygen atoms in total. The molecule has 3 heteroatoms. The molecule has 17 heavy (non-hydrogen) atoms. The minimum Gasteiger partial charge on any atom is -0.337 e. The summed E-state index contributed by atoms with van der Waals surface area (Å²) in [5.74, 6) is 1.14. The van der Waals surface area contributed by atoms with Crippen LogP contribution in [0.1, 0.15) is 58.8 Å². The standard InChI is InChI=1S/C14H23NO2/c1-14(2)10-12(16)7-8-15(14)13(17)9-11-5-3-4-6-11/h11H,3-10H2,1-2H3. The maximum absolute atomic E-state index is 12.3. The van der Waals surface area contributed by atoms with Crippen LogP contribution in [-0.4, -0.2) is 28.7 Å². The predicted molar refractivity (Wildman–Crippen MR) is 66.6 cm³/mol. The molecular formula is C14H23NO2. The number of piperidine rings is 1. The molecule has 1 aliphatic carbocycles. The summed E-state index contributed by atoms with van der Waals surface area (Å²) < 4.78 is 0. The number of Topliss-reactive ketones (excluding diaryl/α,β-unsaturated/α-hetero) is 1. The Hall–Kier alpha value is -0.860. The molecule has 0 aromatic heterocycles. The molecule has 1 amide bonds. The topological polar surface area (TPSA) is 37.4 Å². The number of ketones is 1. The molecule has 0 N–H and O–H groups in total. The van der Waals surface area contributed by atoms with Gasteiger partial charge in [-0.2, -0.15) is 0 Å². The van der Waals surface area contributed by atoms with Crippen molar-refractivity contribution in [1.29, 1.82) is 0 Å². The average molecular weight is 237 g/mol. The number of carbonyl (C=O) groups excluding carboxylic acids is 2. The van der Waals surface area contributed by atoms with Crippen LogP contribution in [-0.2, 0) is 9.59 Å². The number of rotatable bonds is 2. The lowest BCUT2D eigenvalue weighted by atomic mass is 9.88. The molecule has 2 aliphatic rings. The van der Waals surface area contributed by atoms with E-state index in [0.29, 0.717) is 37.5 Å². The van der Waals surface area contributed by atoms with Gasteiger partial charge in [-0.25, -0.2) is 0 Å². The van der Waals surface area contributed by atoms with Gasteiger partial charge in [0.05, 0.1) is 0 Å². The van der Waals surface area contributed by atoms with Crippen LogP contribution in [0.5, 0.6) is 0 Å². The van der Waals surface area contributed by atoms with E-state index in [-0.39, 0.29) is 11.4 Å². The molecule has 0 spiro atoms. The van der Waals surface area contributed by atoms with Gasteiger partial charge in [-0.1, -0.05) is 12.8 Å². The third kappa shape index (κ3) is 2.88. The highest BCUT2D eigenvalue weighted by Crippen LogP contribution is 2.31. The first-order valence-corrected chi connectivity index (χ1v) is 6.81. The van der Waals surface area contributed by atoms with Crippen molar-refractivity contribution < 1.29 is 9.59 Å². The summed E-state index contributed by atoms with van der Waals surface area (Å²) in [5, 5.41) is 0. The monoisotopic (exact) mass is 237 g/mol. The van der Waals surface area contributed by atoms with Crippen molar-refractivity contribution in [1.82, 2.24) is 4.90 Å². The molecule has 1 aliphatic heterocycles. The first kappa shape index (κ1) is 12.6. The molecular weight excluding hydrogens is 214 g/mol. The van der Waals surface area contributed by atoms with Gasteiger partial charge >= 0.3 is 0 Å². The second kappa shape index (κ2) is 4.79. The summed E-state index contributed by atoms with van der Waals surface area (Å²) in [6, 6.07) is 0. The van der Waals surface area contributed by atoms with Crippen LogP contribution in [0.3, 0.4) is 0 Å². The van der Waals surface area contributed by atoms with Crippen LogP contribution in [0.25, 0.3) is 0 Å². The van der Waals surface area contributed by atoms with Crippen molar-refractivity contribution in [3.8, 4) is 0 Å². The molecule has 0 aromatic carbocycles. The predicted octanol–water partition coefficient (Wildman–Crippen LogP) is 2.54. The quantitative estimate of drug-likeness (QED) is 0.740. The number of nitrogens with zero attached hydrogens (tertiary/aromatic N) is 1. The van der Waals surface area contributed by atoms with Gasteiger partial charge in [-0.3, -0.25) is 9.59 Å². The van der Waals surface area contributed by atoms with Crippen molar-refractivity contribution in [2.45, 2.75) is 64.3 Å². The molecule has 0 aromatic rings. The maximum Gasteiger partial charge on any atom is 0.223 e.